The van der Waals surface area contributed by atoms with E-state index in [2.05, 4.69) is 10.3 Å². The van der Waals surface area contributed by atoms with Gasteiger partial charge in [0.1, 0.15) is 16.9 Å². The number of benzene rings is 3. The Morgan fingerprint density at radius 2 is 1.88 bits per heavy atom. The van der Waals surface area contributed by atoms with Crippen molar-refractivity contribution >= 4 is 53.8 Å². The van der Waals surface area contributed by atoms with Gasteiger partial charge >= 0.3 is 24.8 Å². The van der Waals surface area contributed by atoms with Gasteiger partial charge in [-0.1, -0.05) is 42.5 Å². The van der Waals surface area contributed by atoms with Gasteiger partial charge in [0.15, 0.2) is 0 Å². The summed E-state index contributed by atoms with van der Waals surface area (Å²) in [7, 11) is 0. The van der Waals surface area contributed by atoms with Gasteiger partial charge in [-0.2, -0.15) is 11.8 Å². The van der Waals surface area contributed by atoms with E-state index in [9.17, 15) is 19.1 Å². The van der Waals surface area contributed by atoms with Crippen molar-refractivity contribution in [2.45, 2.75) is 32.6 Å². The van der Waals surface area contributed by atoms with Crippen LogP contribution in [0.15, 0.2) is 72.9 Å². The molecule has 1 heterocycles. The van der Waals surface area contributed by atoms with Gasteiger partial charge < -0.3 is 15.2 Å². The van der Waals surface area contributed by atoms with Crippen molar-refractivity contribution < 1.29 is 23.8 Å². The standard InChI is InChI=1S/C30H29FN2O4S2.Li.H/c1-19-6-3-4-9-24(19)26-14-20(10-11-25(26)28(34)33-27(30(35)36)12-13-38-2)17-37-18-23-16-32-29(39-23)21-7-5-8-22(31)15-21;;/h3-11,14-16,27H,12-13,17-18H2,1-2H3,(H,33,34)(H,35,36);;. The summed E-state index contributed by atoms with van der Waals surface area (Å²) in [4.78, 5) is 30.2. The molecule has 1 aromatic heterocycles. The summed E-state index contributed by atoms with van der Waals surface area (Å²) in [6, 6.07) is 18.6. The van der Waals surface area contributed by atoms with Crippen LogP contribution < -0.4 is 5.32 Å². The van der Waals surface area contributed by atoms with E-state index in [0.29, 0.717) is 36.5 Å². The van der Waals surface area contributed by atoms with E-state index in [4.69, 9.17) is 4.74 Å². The second kappa shape index (κ2) is 15.2. The van der Waals surface area contributed by atoms with Gasteiger partial charge in [-0.25, -0.2) is 14.2 Å². The summed E-state index contributed by atoms with van der Waals surface area (Å²) >= 11 is 2.98. The molecule has 1 amide bonds. The van der Waals surface area contributed by atoms with E-state index in [0.717, 1.165) is 32.1 Å². The molecule has 0 aliphatic heterocycles. The minimum atomic E-state index is -1.05. The quantitative estimate of drug-likeness (QED) is 0.205. The normalized spacial score (nSPS) is 11.5. The number of hydrogen-bond donors (Lipinski definition) is 2. The predicted molar refractivity (Wildman–Crippen MR) is 162 cm³/mol. The first-order chi connectivity index (χ1) is 18.9. The Morgan fingerprint density at radius 3 is 2.60 bits per heavy atom. The average Bonchev–Trinajstić information content (AvgIpc) is 3.40. The molecule has 1 unspecified atom stereocenters. The topological polar surface area (TPSA) is 88.5 Å². The van der Waals surface area contributed by atoms with Crippen LogP contribution in [0.1, 0.15) is 32.8 Å². The van der Waals surface area contributed by atoms with Crippen LogP contribution in [0.5, 0.6) is 0 Å². The molecule has 2 N–H and O–H groups in total. The number of amides is 1. The van der Waals surface area contributed by atoms with Crippen LogP contribution in [0.2, 0.25) is 0 Å². The number of aliphatic carboxylic acids is 1. The fourth-order valence-electron chi connectivity index (χ4n) is 4.10. The molecule has 0 radical (unpaired) electrons. The van der Waals surface area contributed by atoms with Crippen molar-refractivity contribution in [3.05, 3.63) is 100 Å². The van der Waals surface area contributed by atoms with E-state index < -0.39 is 17.9 Å². The van der Waals surface area contributed by atoms with Crippen molar-refractivity contribution in [3.63, 3.8) is 0 Å². The molecular weight excluding hydrogens is 542 g/mol. The fraction of sp³-hybridized carbons (Fsp3) is 0.233. The van der Waals surface area contributed by atoms with E-state index in [1.165, 1.54) is 35.2 Å². The minimum absolute atomic E-state index is 0. The first-order valence-corrected chi connectivity index (χ1v) is 14.6. The summed E-state index contributed by atoms with van der Waals surface area (Å²) in [5.41, 5.74) is 4.61. The van der Waals surface area contributed by atoms with Gasteiger partial charge in [0.2, 0.25) is 0 Å². The van der Waals surface area contributed by atoms with Crippen LogP contribution in [0.4, 0.5) is 4.39 Å². The third-order valence-corrected chi connectivity index (χ3v) is 7.78. The maximum atomic E-state index is 13.6. The van der Waals surface area contributed by atoms with Crippen LogP contribution in [0, 0.1) is 12.7 Å². The zero-order valence-corrected chi connectivity index (χ0v) is 23.3. The number of carbonyl (C=O) groups is 2. The van der Waals surface area contributed by atoms with Crippen LogP contribution >= 0.6 is 23.1 Å². The molecule has 204 valence electrons. The Morgan fingerprint density at radius 1 is 1.07 bits per heavy atom. The number of rotatable bonds is 12. The first kappa shape index (κ1) is 31.6. The second-order valence-corrected chi connectivity index (χ2v) is 11.1. The average molecular weight is 573 g/mol. The van der Waals surface area contributed by atoms with Gasteiger partial charge in [0.05, 0.1) is 18.1 Å². The summed E-state index contributed by atoms with van der Waals surface area (Å²) in [5.74, 6) is -1.16. The molecule has 0 aliphatic carbocycles. The van der Waals surface area contributed by atoms with Crippen molar-refractivity contribution in [2.75, 3.05) is 12.0 Å². The summed E-state index contributed by atoms with van der Waals surface area (Å²) in [6.07, 6.45) is 3.97. The first-order valence-electron chi connectivity index (χ1n) is 12.4. The third kappa shape index (κ3) is 8.29. The van der Waals surface area contributed by atoms with E-state index in [-0.39, 0.29) is 24.7 Å². The van der Waals surface area contributed by atoms with Crippen molar-refractivity contribution in [1.82, 2.24) is 10.3 Å². The maximum absolute atomic E-state index is 13.6. The predicted octanol–water partition coefficient (Wildman–Crippen LogP) is 5.93. The number of aromatic nitrogens is 1. The van der Waals surface area contributed by atoms with Crippen molar-refractivity contribution in [3.8, 4) is 21.7 Å². The molecule has 0 saturated heterocycles. The fourth-order valence-corrected chi connectivity index (χ4v) is 5.42. The second-order valence-electron chi connectivity index (χ2n) is 8.98. The van der Waals surface area contributed by atoms with Gasteiger partial charge in [-0.15, -0.1) is 11.3 Å². The number of ether oxygens (including phenoxy) is 1. The van der Waals surface area contributed by atoms with Crippen LogP contribution in [-0.2, 0) is 22.7 Å². The summed E-state index contributed by atoms with van der Waals surface area (Å²) in [6.45, 7) is 2.61. The molecular formula is C30H30FLiN2O4S2. The molecule has 10 heteroatoms. The molecule has 1 atom stereocenters. The number of thiazole rings is 1. The molecule has 0 spiro atoms. The SMILES string of the molecule is CSCCC(NC(=O)c1ccc(COCc2cnc(-c3cccc(F)c3)s2)cc1-c1ccccc1C)C(=O)O.[LiH]. The molecule has 0 fully saturated rings. The van der Waals surface area contributed by atoms with Crippen molar-refractivity contribution in [1.29, 1.82) is 0 Å². The number of hydrogen-bond acceptors (Lipinski definition) is 6. The van der Waals surface area contributed by atoms with Gasteiger partial charge in [-0.05, 0) is 71.9 Å². The van der Waals surface area contributed by atoms with Gasteiger partial charge in [0, 0.05) is 17.3 Å². The number of carboxylic acid groups (broad SMARTS) is 1. The molecule has 0 bridgehead atoms. The number of nitrogens with one attached hydrogen (secondary N) is 1. The molecule has 4 aromatic rings. The van der Waals surface area contributed by atoms with Gasteiger partial charge in [-0.3, -0.25) is 4.79 Å². The zero-order chi connectivity index (χ0) is 27.8. The number of halogens is 1. The number of nitrogens with zero attached hydrogens (tertiary/aromatic N) is 1. The number of thioether (sulfide) groups is 1. The molecule has 0 aliphatic rings. The Bertz CT molecular complexity index is 1460. The Kier molecular flexibility index (Phi) is 12.0. The van der Waals surface area contributed by atoms with Crippen LogP contribution in [0.25, 0.3) is 21.7 Å². The number of carboxylic acids is 1. The van der Waals surface area contributed by atoms with E-state index in [1.54, 1.807) is 18.3 Å². The zero-order valence-electron chi connectivity index (χ0n) is 21.6. The molecule has 40 heavy (non-hydrogen) atoms. The van der Waals surface area contributed by atoms with Crippen molar-refractivity contribution in [2.24, 2.45) is 0 Å². The third-order valence-electron chi connectivity index (χ3n) is 6.12. The molecule has 0 saturated carbocycles. The molecule has 3 aromatic carbocycles. The monoisotopic (exact) mass is 572 g/mol. The summed E-state index contributed by atoms with van der Waals surface area (Å²) < 4.78 is 19.5. The number of carbonyl (C=O) groups excluding carboxylic acids is 1. The van der Waals surface area contributed by atoms with E-state index in [1.807, 2.05) is 55.6 Å². The van der Waals surface area contributed by atoms with Crippen LogP contribution in [-0.4, -0.2) is 58.9 Å². The van der Waals surface area contributed by atoms with Gasteiger partial charge in [0.25, 0.3) is 5.91 Å². The van der Waals surface area contributed by atoms with E-state index >= 15 is 0 Å². The Balaban J connectivity index is 0.00000441. The summed E-state index contributed by atoms with van der Waals surface area (Å²) in [5, 5.41) is 13.0. The number of aryl methyl sites for hydroxylation is 1. The van der Waals surface area contributed by atoms with Crippen LogP contribution in [0.3, 0.4) is 0 Å². The molecule has 4 rings (SSSR count). The Hall–Kier alpha value is -2.93. The Labute approximate surface area is 253 Å². The molecule has 6 nitrogen and oxygen atoms in total.